The van der Waals surface area contributed by atoms with Gasteiger partial charge in [-0.05, 0) is 80.8 Å². The molecular formula is C31H33NO4S. The van der Waals surface area contributed by atoms with Gasteiger partial charge in [-0.15, -0.1) is 11.8 Å². The molecule has 2 unspecified atom stereocenters. The highest BCUT2D eigenvalue weighted by atomic mass is 32.2. The Kier molecular flexibility index (Phi) is 7.85. The molecule has 2 fully saturated rings. The molecule has 2 aliphatic heterocycles. The van der Waals surface area contributed by atoms with E-state index in [1.807, 2.05) is 36.0 Å². The maximum absolute atomic E-state index is 13.4. The molecule has 0 spiro atoms. The summed E-state index contributed by atoms with van der Waals surface area (Å²) in [5.41, 5.74) is 3.76. The fraction of sp³-hybridized carbons (Fsp3) is 0.355. The van der Waals surface area contributed by atoms with Crippen molar-refractivity contribution in [3.63, 3.8) is 0 Å². The molecule has 2 heterocycles. The van der Waals surface area contributed by atoms with Crippen LogP contribution in [0.1, 0.15) is 64.4 Å². The number of hydrogen-bond donors (Lipinski definition) is 0. The molecule has 0 radical (unpaired) electrons. The molecule has 1 amide bonds. The number of benzene rings is 3. The van der Waals surface area contributed by atoms with E-state index in [0.717, 1.165) is 42.7 Å². The average molecular weight is 516 g/mol. The maximum atomic E-state index is 13.4. The van der Waals surface area contributed by atoms with Gasteiger partial charge in [-0.2, -0.15) is 0 Å². The first kappa shape index (κ1) is 25.4. The van der Waals surface area contributed by atoms with Crippen molar-refractivity contribution in [1.29, 1.82) is 0 Å². The molecule has 0 aliphatic carbocycles. The molecule has 2 atom stereocenters. The minimum atomic E-state index is -0.322. The Morgan fingerprint density at radius 3 is 2.11 bits per heavy atom. The van der Waals surface area contributed by atoms with E-state index in [2.05, 4.69) is 48.2 Å². The Hall–Kier alpha value is -3.25. The number of nitrogens with zero attached hydrogens (tertiary/aromatic N) is 1. The minimum Gasteiger partial charge on any atom is -0.490 e. The lowest BCUT2D eigenvalue weighted by Crippen LogP contribution is -2.49. The van der Waals surface area contributed by atoms with Gasteiger partial charge >= 0.3 is 5.97 Å². The number of fused-ring (bicyclic) bond motifs is 2. The summed E-state index contributed by atoms with van der Waals surface area (Å²) in [6.07, 6.45) is 3.75. The molecule has 2 bridgehead atoms. The Labute approximate surface area is 223 Å². The summed E-state index contributed by atoms with van der Waals surface area (Å²) in [7, 11) is 0. The van der Waals surface area contributed by atoms with Crippen molar-refractivity contribution < 1.29 is 19.1 Å². The number of thioether (sulfide) groups is 1. The topological polar surface area (TPSA) is 55.8 Å². The number of aryl methyl sites for hydroxylation is 1. The van der Waals surface area contributed by atoms with Crippen molar-refractivity contribution in [1.82, 2.24) is 4.90 Å². The fourth-order valence-corrected chi connectivity index (χ4v) is 6.18. The van der Waals surface area contributed by atoms with Gasteiger partial charge < -0.3 is 14.4 Å². The Bertz CT molecular complexity index is 1210. The first-order valence-corrected chi connectivity index (χ1v) is 14.0. The van der Waals surface area contributed by atoms with Crippen LogP contribution in [0.15, 0.2) is 77.7 Å². The number of hydrogen-bond acceptors (Lipinski definition) is 5. The Morgan fingerprint density at radius 1 is 0.865 bits per heavy atom. The van der Waals surface area contributed by atoms with Gasteiger partial charge in [0.1, 0.15) is 11.9 Å². The van der Waals surface area contributed by atoms with E-state index in [4.69, 9.17) is 9.47 Å². The quantitative estimate of drug-likeness (QED) is 0.247. The third kappa shape index (κ3) is 6.02. The van der Waals surface area contributed by atoms with Gasteiger partial charge in [0, 0.05) is 41.1 Å². The van der Waals surface area contributed by atoms with E-state index in [1.54, 1.807) is 19.1 Å². The standard InChI is InChI=1S/C31H33NO4S/c1-3-35-31(34)24-10-14-27(15-11-24)36-28-18-25-12-13-26(19-28)32(25)30(33)23-8-6-22(7-9-23)20-37-29-16-4-21(2)5-17-29/h4-11,14-17,25-26,28H,3,12-13,18-20H2,1-2H3. The summed E-state index contributed by atoms with van der Waals surface area (Å²) in [6, 6.07) is 24.2. The number of rotatable bonds is 8. The van der Waals surface area contributed by atoms with Gasteiger partial charge in [0.2, 0.25) is 0 Å². The van der Waals surface area contributed by atoms with Crippen LogP contribution >= 0.6 is 11.8 Å². The third-order valence-electron chi connectivity index (χ3n) is 7.22. The second-order valence-electron chi connectivity index (χ2n) is 9.85. The highest BCUT2D eigenvalue weighted by molar-refractivity contribution is 7.98. The summed E-state index contributed by atoms with van der Waals surface area (Å²) in [5, 5.41) is 0. The molecule has 37 heavy (non-hydrogen) atoms. The molecule has 0 aromatic heterocycles. The summed E-state index contributed by atoms with van der Waals surface area (Å²) < 4.78 is 11.3. The lowest BCUT2D eigenvalue weighted by Gasteiger charge is -2.39. The average Bonchev–Trinajstić information content (AvgIpc) is 3.18. The smallest absolute Gasteiger partial charge is 0.338 e. The second kappa shape index (κ2) is 11.4. The predicted molar refractivity (Wildman–Crippen MR) is 146 cm³/mol. The molecule has 5 rings (SSSR count). The number of carbonyl (C=O) groups is 2. The Morgan fingerprint density at radius 2 is 1.49 bits per heavy atom. The van der Waals surface area contributed by atoms with Crippen LogP contribution < -0.4 is 4.74 Å². The first-order chi connectivity index (χ1) is 18.0. The third-order valence-corrected chi connectivity index (χ3v) is 8.30. The van der Waals surface area contributed by atoms with E-state index in [1.165, 1.54) is 16.0 Å². The van der Waals surface area contributed by atoms with Gasteiger partial charge in [0.05, 0.1) is 12.2 Å². The van der Waals surface area contributed by atoms with Gasteiger partial charge in [0.25, 0.3) is 5.91 Å². The van der Waals surface area contributed by atoms with Crippen molar-refractivity contribution in [2.75, 3.05) is 6.61 Å². The zero-order valence-electron chi connectivity index (χ0n) is 21.4. The van der Waals surface area contributed by atoms with E-state index in [0.29, 0.717) is 12.2 Å². The van der Waals surface area contributed by atoms with E-state index >= 15 is 0 Å². The van der Waals surface area contributed by atoms with E-state index in [-0.39, 0.29) is 30.1 Å². The number of carbonyl (C=O) groups excluding carboxylic acids is 2. The lowest BCUT2D eigenvalue weighted by atomic mass is 9.98. The molecule has 3 aromatic carbocycles. The number of ether oxygens (including phenoxy) is 2. The van der Waals surface area contributed by atoms with Gasteiger partial charge in [-0.1, -0.05) is 29.8 Å². The molecule has 3 aromatic rings. The SMILES string of the molecule is CCOC(=O)c1ccc(OC2CC3CCC(C2)N3C(=O)c2ccc(CSc3ccc(C)cc3)cc2)cc1. The Balaban J connectivity index is 1.16. The van der Waals surface area contributed by atoms with Crippen molar-refractivity contribution in [2.45, 2.75) is 68.4 Å². The van der Waals surface area contributed by atoms with Crippen LogP contribution in [0.5, 0.6) is 5.75 Å². The molecule has 0 N–H and O–H groups in total. The highest BCUT2D eigenvalue weighted by Crippen LogP contribution is 2.38. The van der Waals surface area contributed by atoms with Crippen molar-refractivity contribution >= 4 is 23.6 Å². The number of piperidine rings is 1. The van der Waals surface area contributed by atoms with Crippen LogP contribution in [0.2, 0.25) is 0 Å². The second-order valence-corrected chi connectivity index (χ2v) is 10.9. The molecule has 192 valence electrons. The number of amides is 1. The van der Waals surface area contributed by atoms with Crippen LogP contribution in [0, 0.1) is 6.92 Å². The summed E-state index contributed by atoms with van der Waals surface area (Å²) >= 11 is 1.81. The summed E-state index contributed by atoms with van der Waals surface area (Å²) in [5.74, 6) is 1.43. The molecule has 2 saturated heterocycles. The van der Waals surface area contributed by atoms with Crippen LogP contribution in [0.25, 0.3) is 0 Å². The normalized spacial score (nSPS) is 20.5. The highest BCUT2D eigenvalue weighted by Gasteiger charge is 2.44. The van der Waals surface area contributed by atoms with Crippen molar-refractivity contribution in [2.24, 2.45) is 0 Å². The minimum absolute atomic E-state index is 0.0659. The van der Waals surface area contributed by atoms with Gasteiger partial charge in [0.15, 0.2) is 0 Å². The predicted octanol–water partition coefficient (Wildman–Crippen LogP) is 6.68. The van der Waals surface area contributed by atoms with Crippen LogP contribution in [0.4, 0.5) is 0 Å². The molecule has 6 heteroatoms. The zero-order chi connectivity index (χ0) is 25.8. The van der Waals surface area contributed by atoms with E-state index in [9.17, 15) is 9.59 Å². The fourth-order valence-electron chi connectivity index (χ4n) is 5.33. The van der Waals surface area contributed by atoms with Gasteiger partial charge in [-0.25, -0.2) is 4.79 Å². The van der Waals surface area contributed by atoms with Crippen LogP contribution in [-0.2, 0) is 10.5 Å². The monoisotopic (exact) mass is 515 g/mol. The van der Waals surface area contributed by atoms with E-state index < -0.39 is 0 Å². The van der Waals surface area contributed by atoms with Crippen molar-refractivity contribution in [3.8, 4) is 5.75 Å². The number of esters is 1. The summed E-state index contributed by atoms with van der Waals surface area (Å²) in [6.45, 7) is 4.25. The van der Waals surface area contributed by atoms with Crippen molar-refractivity contribution in [3.05, 3.63) is 95.1 Å². The van der Waals surface area contributed by atoms with Crippen LogP contribution in [0.3, 0.4) is 0 Å². The summed E-state index contributed by atoms with van der Waals surface area (Å²) in [4.78, 5) is 28.7. The lowest BCUT2D eigenvalue weighted by molar-refractivity contribution is 0.0359. The first-order valence-electron chi connectivity index (χ1n) is 13.0. The maximum Gasteiger partial charge on any atom is 0.338 e. The largest absolute Gasteiger partial charge is 0.490 e. The van der Waals surface area contributed by atoms with Crippen LogP contribution in [-0.4, -0.2) is 41.6 Å². The van der Waals surface area contributed by atoms with Gasteiger partial charge in [-0.3, -0.25) is 4.79 Å². The molecule has 2 aliphatic rings. The molecule has 0 saturated carbocycles. The molecule has 5 nitrogen and oxygen atoms in total. The molecular weight excluding hydrogens is 482 g/mol. The zero-order valence-corrected chi connectivity index (χ0v) is 22.2.